The van der Waals surface area contributed by atoms with Crippen LogP contribution < -0.4 is 5.32 Å². The number of carbonyl (C=O) groups is 2. The van der Waals surface area contributed by atoms with Gasteiger partial charge >= 0.3 is 0 Å². The third-order valence-electron chi connectivity index (χ3n) is 3.06. The van der Waals surface area contributed by atoms with Crippen LogP contribution in [0.3, 0.4) is 0 Å². The lowest BCUT2D eigenvalue weighted by molar-refractivity contribution is -0.130. The molecular formula is C18H21NO4. The summed E-state index contributed by atoms with van der Waals surface area (Å²) in [4.78, 5) is 22.2. The molecule has 0 aliphatic carbocycles. The Morgan fingerprint density at radius 1 is 1.39 bits per heavy atom. The van der Waals surface area contributed by atoms with Gasteiger partial charge < -0.3 is 9.84 Å². The molecule has 1 aromatic carbocycles. The number of Topliss-reactive ketones (excluding diaryl/α,β-unsaturated/α-hetero) is 1. The largest absolute Gasteiger partial charge is 0.473 e. The molecule has 0 bridgehead atoms. The summed E-state index contributed by atoms with van der Waals surface area (Å²) < 4.78 is 5.73. The molecule has 23 heavy (non-hydrogen) atoms. The summed E-state index contributed by atoms with van der Waals surface area (Å²) in [6.45, 7) is 5.25. The maximum absolute atomic E-state index is 11.6. The second-order valence-corrected chi connectivity index (χ2v) is 5.24. The molecule has 1 heterocycles. The van der Waals surface area contributed by atoms with Crippen LogP contribution in [-0.4, -0.2) is 29.3 Å². The first-order valence-corrected chi connectivity index (χ1v) is 7.19. The summed E-state index contributed by atoms with van der Waals surface area (Å²) in [6, 6.07) is 8.86. The fourth-order valence-corrected chi connectivity index (χ4v) is 1.93. The van der Waals surface area contributed by atoms with E-state index in [4.69, 9.17) is 9.84 Å². The smallest absolute Gasteiger partial charge is 0.219 e. The van der Waals surface area contributed by atoms with E-state index in [-0.39, 0.29) is 6.23 Å². The molecule has 0 saturated carbocycles. The first-order valence-electron chi connectivity index (χ1n) is 7.19. The first kappa shape index (κ1) is 18.6. The average Bonchev–Trinajstić information content (AvgIpc) is 3.01. The minimum Gasteiger partial charge on any atom is -0.473 e. The van der Waals surface area contributed by atoms with Gasteiger partial charge in [-0.1, -0.05) is 36.3 Å². The van der Waals surface area contributed by atoms with E-state index < -0.39 is 17.9 Å². The van der Waals surface area contributed by atoms with Crippen LogP contribution in [-0.2, 0) is 14.3 Å². The van der Waals surface area contributed by atoms with E-state index in [1.807, 2.05) is 44.2 Å². The highest BCUT2D eigenvalue weighted by atomic mass is 16.5. The van der Waals surface area contributed by atoms with Crippen molar-refractivity contribution < 1.29 is 19.4 Å². The molecule has 0 spiro atoms. The number of terminal acetylenes is 1. The van der Waals surface area contributed by atoms with Crippen LogP contribution >= 0.6 is 0 Å². The van der Waals surface area contributed by atoms with Crippen LogP contribution in [0.25, 0.3) is 0 Å². The van der Waals surface area contributed by atoms with Gasteiger partial charge in [0.1, 0.15) is 17.9 Å². The van der Waals surface area contributed by atoms with Gasteiger partial charge in [0.05, 0.1) is 0 Å². The number of allylic oxidation sites excluding steroid dienone is 1. The molecule has 2 rings (SSSR count). The topological polar surface area (TPSA) is 75.6 Å². The monoisotopic (exact) mass is 315 g/mol. The SMILES string of the molecule is C#CC(C)O.CC(C)=C1OC(c2ccccc2)NC1C(=O)C=O. The van der Waals surface area contributed by atoms with Crippen LogP contribution in [0.15, 0.2) is 41.7 Å². The van der Waals surface area contributed by atoms with Crippen molar-refractivity contribution >= 4 is 12.1 Å². The molecule has 122 valence electrons. The number of aliphatic hydroxyl groups excluding tert-OH is 1. The lowest BCUT2D eigenvalue weighted by atomic mass is 10.1. The van der Waals surface area contributed by atoms with Gasteiger partial charge in [-0.25, -0.2) is 0 Å². The van der Waals surface area contributed by atoms with Crippen molar-refractivity contribution in [2.75, 3.05) is 0 Å². The standard InChI is InChI=1S/C14H15NO3.C4H6O/c1-9(2)13-12(11(17)8-16)15-14(18-13)10-6-4-3-5-7-10;1-3-4(2)5/h3-8,12,14-15H,1-2H3;1,4-5H,2H3. The van der Waals surface area contributed by atoms with Crippen molar-refractivity contribution in [3.63, 3.8) is 0 Å². The third-order valence-corrected chi connectivity index (χ3v) is 3.06. The number of carbonyl (C=O) groups excluding carboxylic acids is 2. The van der Waals surface area contributed by atoms with Crippen molar-refractivity contribution in [1.29, 1.82) is 0 Å². The van der Waals surface area contributed by atoms with Gasteiger partial charge in [0.2, 0.25) is 5.78 Å². The van der Waals surface area contributed by atoms with E-state index in [1.54, 1.807) is 6.92 Å². The number of benzene rings is 1. The number of hydrogen-bond donors (Lipinski definition) is 2. The van der Waals surface area contributed by atoms with E-state index in [9.17, 15) is 9.59 Å². The Labute approximate surface area is 136 Å². The summed E-state index contributed by atoms with van der Waals surface area (Å²) in [6.07, 6.45) is 4.03. The van der Waals surface area contributed by atoms with Crippen molar-refractivity contribution in [1.82, 2.24) is 5.32 Å². The van der Waals surface area contributed by atoms with E-state index in [0.717, 1.165) is 11.1 Å². The van der Waals surface area contributed by atoms with E-state index in [2.05, 4.69) is 17.7 Å². The number of rotatable bonds is 3. The number of hydrogen-bond acceptors (Lipinski definition) is 5. The first-order chi connectivity index (χ1) is 10.9. The number of ether oxygens (including phenoxy) is 1. The fraction of sp³-hybridized carbons (Fsp3) is 0.333. The Bertz CT molecular complexity index is 610. The molecule has 1 fully saturated rings. The van der Waals surface area contributed by atoms with Gasteiger partial charge in [-0.15, -0.1) is 6.42 Å². The number of aldehydes is 1. The van der Waals surface area contributed by atoms with Gasteiger partial charge in [-0.3, -0.25) is 14.9 Å². The molecule has 3 unspecified atom stereocenters. The normalized spacial score (nSPS) is 20.4. The lowest BCUT2D eigenvalue weighted by Crippen LogP contribution is -2.34. The van der Waals surface area contributed by atoms with E-state index >= 15 is 0 Å². The van der Waals surface area contributed by atoms with Crippen LogP contribution in [0.1, 0.15) is 32.6 Å². The Morgan fingerprint density at radius 3 is 2.39 bits per heavy atom. The molecule has 0 amide bonds. The van der Waals surface area contributed by atoms with Crippen LogP contribution in [0.2, 0.25) is 0 Å². The van der Waals surface area contributed by atoms with Crippen molar-refractivity contribution in [2.24, 2.45) is 0 Å². The van der Waals surface area contributed by atoms with Crippen molar-refractivity contribution in [2.45, 2.75) is 39.1 Å². The molecule has 1 saturated heterocycles. The predicted octanol–water partition coefficient (Wildman–Crippen LogP) is 1.74. The maximum atomic E-state index is 11.6. The van der Waals surface area contributed by atoms with E-state index in [1.165, 1.54) is 0 Å². The fourth-order valence-electron chi connectivity index (χ4n) is 1.93. The highest BCUT2D eigenvalue weighted by Crippen LogP contribution is 2.29. The summed E-state index contributed by atoms with van der Waals surface area (Å²) in [7, 11) is 0. The average molecular weight is 315 g/mol. The quantitative estimate of drug-likeness (QED) is 0.505. The molecular weight excluding hydrogens is 294 g/mol. The second kappa shape index (κ2) is 8.89. The van der Waals surface area contributed by atoms with Crippen molar-refractivity contribution in [3.8, 4) is 12.3 Å². The minimum absolute atomic E-state index is 0.331. The minimum atomic E-state index is -0.669. The maximum Gasteiger partial charge on any atom is 0.219 e. The van der Waals surface area contributed by atoms with Gasteiger partial charge in [-0.05, 0) is 26.3 Å². The third kappa shape index (κ3) is 5.37. The Balaban J connectivity index is 0.000000463. The zero-order chi connectivity index (χ0) is 17.4. The Kier molecular flexibility index (Phi) is 7.20. The lowest BCUT2D eigenvalue weighted by Gasteiger charge is -2.10. The van der Waals surface area contributed by atoms with Gasteiger partial charge in [0, 0.05) is 5.56 Å². The number of aliphatic hydroxyl groups is 1. The van der Waals surface area contributed by atoms with Gasteiger partial charge in [-0.2, -0.15) is 0 Å². The summed E-state index contributed by atoms with van der Waals surface area (Å²) in [5.74, 6) is 2.12. The highest BCUT2D eigenvalue weighted by Gasteiger charge is 2.36. The second-order valence-electron chi connectivity index (χ2n) is 5.24. The van der Waals surface area contributed by atoms with Crippen molar-refractivity contribution in [3.05, 3.63) is 47.2 Å². The predicted molar refractivity (Wildman–Crippen MR) is 87.2 cm³/mol. The molecule has 3 atom stereocenters. The zero-order valence-electron chi connectivity index (χ0n) is 13.4. The molecule has 5 nitrogen and oxygen atoms in total. The Hall–Kier alpha value is -2.42. The van der Waals surface area contributed by atoms with Crippen LogP contribution in [0.5, 0.6) is 0 Å². The molecule has 1 aromatic rings. The van der Waals surface area contributed by atoms with Gasteiger partial charge in [0.15, 0.2) is 12.5 Å². The molecule has 1 aliphatic rings. The molecule has 0 aromatic heterocycles. The van der Waals surface area contributed by atoms with E-state index in [0.29, 0.717) is 12.0 Å². The highest BCUT2D eigenvalue weighted by molar-refractivity contribution is 6.28. The molecule has 5 heteroatoms. The summed E-state index contributed by atoms with van der Waals surface area (Å²) in [5, 5.41) is 11.2. The summed E-state index contributed by atoms with van der Waals surface area (Å²) >= 11 is 0. The number of ketones is 1. The molecule has 1 aliphatic heterocycles. The van der Waals surface area contributed by atoms with Gasteiger partial charge in [0.25, 0.3) is 0 Å². The summed E-state index contributed by atoms with van der Waals surface area (Å²) in [5.41, 5.74) is 1.82. The zero-order valence-corrected chi connectivity index (χ0v) is 13.4. The molecule has 2 N–H and O–H groups in total. The van der Waals surface area contributed by atoms with Crippen LogP contribution in [0.4, 0.5) is 0 Å². The van der Waals surface area contributed by atoms with Crippen LogP contribution in [0, 0.1) is 12.3 Å². The number of nitrogens with one attached hydrogen (secondary N) is 1. The molecule has 0 radical (unpaired) electrons. The Morgan fingerprint density at radius 2 is 1.96 bits per heavy atom.